The highest BCUT2D eigenvalue weighted by Crippen LogP contribution is 2.34. The van der Waals surface area contributed by atoms with Crippen molar-refractivity contribution < 1.29 is 14.3 Å². The van der Waals surface area contributed by atoms with Crippen molar-refractivity contribution >= 4 is 28.5 Å². The van der Waals surface area contributed by atoms with Gasteiger partial charge in [0.15, 0.2) is 11.5 Å². The number of halogens is 1. The molecule has 0 saturated carbocycles. The molecule has 1 aliphatic rings. The zero-order valence-electron chi connectivity index (χ0n) is 10.5. The molecular weight excluding hydrogens is 345 g/mol. The van der Waals surface area contributed by atoms with Crippen LogP contribution in [0, 0.1) is 3.57 Å². The van der Waals surface area contributed by atoms with Crippen LogP contribution in [-0.2, 0) is 0 Å². The van der Waals surface area contributed by atoms with Gasteiger partial charge in [0.2, 0.25) is 0 Å². The molecule has 1 saturated heterocycles. The zero-order valence-corrected chi connectivity index (χ0v) is 12.7. The highest BCUT2D eigenvalue weighted by molar-refractivity contribution is 14.1. The molecule has 0 unspecified atom stereocenters. The second kappa shape index (κ2) is 5.77. The number of hydrogen-bond acceptors (Lipinski definition) is 3. The second-order valence-corrected chi connectivity index (χ2v) is 5.36. The van der Waals surface area contributed by atoms with Crippen molar-refractivity contribution in [1.29, 1.82) is 0 Å². The van der Waals surface area contributed by atoms with Crippen molar-refractivity contribution in [1.82, 2.24) is 4.90 Å². The van der Waals surface area contributed by atoms with E-state index in [1.165, 1.54) is 0 Å². The Kier molecular flexibility index (Phi) is 4.31. The van der Waals surface area contributed by atoms with Gasteiger partial charge in [-0.25, -0.2) is 0 Å². The van der Waals surface area contributed by atoms with E-state index in [0.29, 0.717) is 17.1 Å². The number of carbonyl (C=O) groups is 1. The summed E-state index contributed by atoms with van der Waals surface area (Å²) in [5.74, 6) is 1.36. The summed E-state index contributed by atoms with van der Waals surface area (Å²) in [6.45, 7) is 1.70. The van der Waals surface area contributed by atoms with E-state index in [1.54, 1.807) is 20.3 Å². The summed E-state index contributed by atoms with van der Waals surface area (Å²) in [5, 5.41) is 0. The van der Waals surface area contributed by atoms with Gasteiger partial charge in [0, 0.05) is 18.7 Å². The molecule has 0 radical (unpaired) electrons. The molecule has 1 aromatic rings. The summed E-state index contributed by atoms with van der Waals surface area (Å²) in [7, 11) is 3.18. The average Bonchev–Trinajstić information content (AvgIpc) is 2.90. The van der Waals surface area contributed by atoms with Gasteiger partial charge in [-0.05, 0) is 47.6 Å². The van der Waals surface area contributed by atoms with Crippen molar-refractivity contribution in [2.45, 2.75) is 12.8 Å². The van der Waals surface area contributed by atoms with Crippen molar-refractivity contribution in [2.24, 2.45) is 0 Å². The lowest BCUT2D eigenvalue weighted by Gasteiger charge is -2.17. The fourth-order valence-electron chi connectivity index (χ4n) is 2.14. The summed E-state index contributed by atoms with van der Waals surface area (Å²) in [6.07, 6.45) is 2.19. The summed E-state index contributed by atoms with van der Waals surface area (Å²) in [6, 6.07) is 3.60. The predicted octanol–water partition coefficient (Wildman–Crippen LogP) is 2.54. The summed E-state index contributed by atoms with van der Waals surface area (Å²) in [4.78, 5) is 14.2. The van der Waals surface area contributed by atoms with Crippen LogP contribution in [0.15, 0.2) is 12.1 Å². The molecule has 0 bridgehead atoms. The normalized spacial score (nSPS) is 14.7. The van der Waals surface area contributed by atoms with Gasteiger partial charge in [-0.2, -0.15) is 0 Å². The van der Waals surface area contributed by atoms with E-state index >= 15 is 0 Å². The Balaban J connectivity index is 2.33. The highest BCUT2D eigenvalue weighted by atomic mass is 127. The number of likely N-dealkylation sites (tertiary alicyclic amines) is 1. The number of nitrogens with zero attached hydrogens (tertiary/aromatic N) is 1. The standard InChI is InChI=1S/C13H16INO3/c1-17-11-8-9(7-10(14)12(11)18-2)13(16)15-5-3-4-6-15/h7-8H,3-6H2,1-2H3. The SMILES string of the molecule is COc1cc(C(=O)N2CCCC2)cc(I)c1OC. The maximum Gasteiger partial charge on any atom is 0.254 e. The summed E-state index contributed by atoms with van der Waals surface area (Å²) >= 11 is 2.16. The molecule has 5 heteroatoms. The number of carbonyl (C=O) groups excluding carboxylic acids is 1. The van der Waals surface area contributed by atoms with Gasteiger partial charge in [-0.15, -0.1) is 0 Å². The third kappa shape index (κ3) is 2.55. The van der Waals surface area contributed by atoms with E-state index in [9.17, 15) is 4.79 Å². The topological polar surface area (TPSA) is 38.8 Å². The third-order valence-corrected chi connectivity index (χ3v) is 3.88. The molecule has 1 amide bonds. The number of amides is 1. The largest absolute Gasteiger partial charge is 0.493 e. The second-order valence-electron chi connectivity index (χ2n) is 4.19. The van der Waals surface area contributed by atoms with Gasteiger partial charge in [0.25, 0.3) is 5.91 Å². The van der Waals surface area contributed by atoms with Crippen LogP contribution in [0.5, 0.6) is 11.5 Å². The first kappa shape index (κ1) is 13.5. The lowest BCUT2D eigenvalue weighted by atomic mass is 10.1. The lowest BCUT2D eigenvalue weighted by Crippen LogP contribution is -2.27. The number of methoxy groups -OCH3 is 2. The van der Waals surface area contributed by atoms with Gasteiger partial charge in [0.05, 0.1) is 17.8 Å². The van der Waals surface area contributed by atoms with Crippen molar-refractivity contribution in [3.8, 4) is 11.5 Å². The fourth-order valence-corrected chi connectivity index (χ4v) is 2.97. The number of benzene rings is 1. The van der Waals surface area contributed by atoms with Crippen LogP contribution in [0.2, 0.25) is 0 Å². The molecular formula is C13H16INO3. The van der Waals surface area contributed by atoms with Crippen LogP contribution >= 0.6 is 22.6 Å². The monoisotopic (exact) mass is 361 g/mol. The Hall–Kier alpha value is -0.980. The predicted molar refractivity (Wildman–Crippen MR) is 77.4 cm³/mol. The molecule has 0 spiro atoms. The summed E-state index contributed by atoms with van der Waals surface area (Å²) < 4.78 is 11.4. The van der Waals surface area contributed by atoms with Gasteiger partial charge >= 0.3 is 0 Å². The van der Waals surface area contributed by atoms with Crippen molar-refractivity contribution in [3.05, 3.63) is 21.3 Å². The highest BCUT2D eigenvalue weighted by Gasteiger charge is 2.22. The molecule has 0 atom stereocenters. The van der Waals surface area contributed by atoms with E-state index in [4.69, 9.17) is 9.47 Å². The summed E-state index contributed by atoms with van der Waals surface area (Å²) in [5.41, 5.74) is 0.666. The molecule has 18 heavy (non-hydrogen) atoms. The van der Waals surface area contributed by atoms with E-state index in [-0.39, 0.29) is 5.91 Å². The lowest BCUT2D eigenvalue weighted by molar-refractivity contribution is 0.0792. The van der Waals surface area contributed by atoms with Crippen LogP contribution in [0.1, 0.15) is 23.2 Å². The smallest absolute Gasteiger partial charge is 0.254 e. The first-order valence-corrected chi connectivity index (χ1v) is 6.96. The number of ether oxygens (including phenoxy) is 2. The molecule has 4 nitrogen and oxygen atoms in total. The first-order chi connectivity index (χ1) is 8.67. The van der Waals surface area contributed by atoms with Crippen LogP contribution in [-0.4, -0.2) is 38.1 Å². The Morgan fingerprint density at radius 3 is 2.44 bits per heavy atom. The van der Waals surface area contributed by atoms with E-state index < -0.39 is 0 Å². The minimum Gasteiger partial charge on any atom is -0.493 e. The average molecular weight is 361 g/mol. The van der Waals surface area contributed by atoms with Crippen LogP contribution in [0.25, 0.3) is 0 Å². The Labute approximate surface area is 120 Å². The molecule has 1 aliphatic heterocycles. The zero-order chi connectivity index (χ0) is 13.1. The number of rotatable bonds is 3. The van der Waals surface area contributed by atoms with Gasteiger partial charge in [-0.1, -0.05) is 0 Å². The van der Waals surface area contributed by atoms with Crippen molar-refractivity contribution in [2.75, 3.05) is 27.3 Å². The molecule has 1 heterocycles. The quantitative estimate of drug-likeness (QED) is 0.777. The molecule has 2 rings (SSSR count). The Bertz CT molecular complexity index is 456. The Morgan fingerprint density at radius 1 is 1.22 bits per heavy atom. The number of hydrogen-bond donors (Lipinski definition) is 0. The minimum atomic E-state index is 0.0753. The minimum absolute atomic E-state index is 0.0753. The van der Waals surface area contributed by atoms with E-state index in [2.05, 4.69) is 22.6 Å². The van der Waals surface area contributed by atoms with Gasteiger partial charge < -0.3 is 14.4 Å². The van der Waals surface area contributed by atoms with Gasteiger partial charge in [-0.3, -0.25) is 4.79 Å². The maximum absolute atomic E-state index is 12.3. The molecule has 1 fully saturated rings. The van der Waals surface area contributed by atoms with Crippen LogP contribution < -0.4 is 9.47 Å². The third-order valence-electron chi connectivity index (χ3n) is 3.07. The van der Waals surface area contributed by atoms with E-state index in [1.807, 2.05) is 11.0 Å². The maximum atomic E-state index is 12.3. The fraction of sp³-hybridized carbons (Fsp3) is 0.462. The Morgan fingerprint density at radius 2 is 1.89 bits per heavy atom. The van der Waals surface area contributed by atoms with Crippen LogP contribution in [0.3, 0.4) is 0 Å². The van der Waals surface area contributed by atoms with Crippen molar-refractivity contribution in [3.63, 3.8) is 0 Å². The molecule has 1 aromatic carbocycles. The van der Waals surface area contributed by atoms with E-state index in [0.717, 1.165) is 29.5 Å². The van der Waals surface area contributed by atoms with Gasteiger partial charge in [0.1, 0.15) is 0 Å². The molecule has 0 N–H and O–H groups in total. The first-order valence-electron chi connectivity index (χ1n) is 5.88. The molecule has 0 aliphatic carbocycles. The molecule has 0 aromatic heterocycles. The molecule has 98 valence electrons. The van der Waals surface area contributed by atoms with Crippen LogP contribution in [0.4, 0.5) is 0 Å².